The molecule has 8 heteroatoms. The number of anilines is 1. The molecule has 1 saturated heterocycles. The second kappa shape index (κ2) is 9.42. The van der Waals surface area contributed by atoms with Crippen molar-refractivity contribution < 1.29 is 23.9 Å². The van der Waals surface area contributed by atoms with Gasteiger partial charge in [0.1, 0.15) is 11.5 Å². The smallest absolute Gasteiger partial charge is 0.335 e. The molecule has 2 aromatic carbocycles. The molecule has 1 unspecified atom stereocenters. The molecule has 1 aliphatic heterocycles. The van der Waals surface area contributed by atoms with Crippen molar-refractivity contribution in [2.45, 2.75) is 26.8 Å². The zero-order chi connectivity index (χ0) is 22.5. The summed E-state index contributed by atoms with van der Waals surface area (Å²) in [7, 11) is 3.11. The van der Waals surface area contributed by atoms with Gasteiger partial charge in [-0.15, -0.1) is 0 Å². The van der Waals surface area contributed by atoms with Crippen molar-refractivity contribution in [3.05, 3.63) is 53.6 Å². The van der Waals surface area contributed by atoms with E-state index in [1.165, 1.54) is 0 Å². The van der Waals surface area contributed by atoms with Crippen LogP contribution in [0, 0.1) is 12.8 Å². The molecule has 8 nitrogen and oxygen atoms in total. The molecule has 0 radical (unpaired) electrons. The van der Waals surface area contributed by atoms with E-state index in [0.717, 1.165) is 16.0 Å². The number of nitrogens with zero attached hydrogens (tertiary/aromatic N) is 2. The number of ether oxygens (including phenoxy) is 2. The summed E-state index contributed by atoms with van der Waals surface area (Å²) in [5.74, 6) is -1.21. The van der Waals surface area contributed by atoms with E-state index in [1.54, 1.807) is 44.6 Å². The Morgan fingerprint density at radius 3 is 2.19 bits per heavy atom. The molecule has 31 heavy (non-hydrogen) atoms. The molecule has 1 fully saturated rings. The molecule has 2 aromatic rings. The number of barbiturate groups is 1. The van der Waals surface area contributed by atoms with Crippen molar-refractivity contribution in [2.75, 3.05) is 19.1 Å². The number of methoxy groups -OCH3 is 2. The Kier molecular flexibility index (Phi) is 6.69. The van der Waals surface area contributed by atoms with E-state index in [4.69, 9.17) is 9.47 Å². The minimum Gasteiger partial charge on any atom is -0.497 e. The van der Waals surface area contributed by atoms with Gasteiger partial charge >= 0.3 is 6.03 Å². The van der Waals surface area contributed by atoms with E-state index in [9.17, 15) is 14.4 Å². The molecule has 162 valence electrons. The molecule has 3 rings (SSSR count). The maximum atomic E-state index is 13.2. The Morgan fingerprint density at radius 1 is 1.03 bits per heavy atom. The number of benzene rings is 2. The molecule has 1 atom stereocenters. The average Bonchev–Trinajstić information content (AvgIpc) is 2.76. The zero-order valence-electron chi connectivity index (χ0n) is 18.0. The SMILES string of the molecule is CCC(=NCc1cc(OC)cc(OC)c1)C1C(=O)NC(=O)N(c2ccc(C)cc2)C1=O. The maximum absolute atomic E-state index is 13.2. The molecule has 1 N–H and O–H groups in total. The van der Waals surface area contributed by atoms with Crippen LogP contribution < -0.4 is 19.7 Å². The van der Waals surface area contributed by atoms with E-state index in [2.05, 4.69) is 10.3 Å². The quantitative estimate of drug-likeness (QED) is 0.545. The highest BCUT2D eigenvalue weighted by molar-refractivity contribution is 6.35. The Bertz CT molecular complexity index is 1010. The highest BCUT2D eigenvalue weighted by Gasteiger charge is 2.43. The van der Waals surface area contributed by atoms with Gasteiger partial charge in [0.05, 0.1) is 26.5 Å². The number of carbonyl (C=O) groups excluding carboxylic acids is 3. The van der Waals surface area contributed by atoms with Crippen LogP contribution in [0.2, 0.25) is 0 Å². The third kappa shape index (κ3) is 4.74. The van der Waals surface area contributed by atoms with Crippen molar-refractivity contribution in [3.8, 4) is 11.5 Å². The number of rotatable bonds is 7. The van der Waals surface area contributed by atoms with E-state index in [-0.39, 0.29) is 6.54 Å². The molecule has 4 amide bonds. The lowest BCUT2D eigenvalue weighted by Crippen LogP contribution is -2.60. The van der Waals surface area contributed by atoms with Gasteiger partial charge in [-0.2, -0.15) is 0 Å². The van der Waals surface area contributed by atoms with Gasteiger partial charge < -0.3 is 9.47 Å². The minimum absolute atomic E-state index is 0.228. The normalized spacial score (nSPS) is 16.9. The van der Waals surface area contributed by atoms with E-state index in [0.29, 0.717) is 29.3 Å². The fourth-order valence-electron chi connectivity index (χ4n) is 3.36. The number of nitrogens with one attached hydrogen (secondary N) is 1. The summed E-state index contributed by atoms with van der Waals surface area (Å²) in [5, 5.41) is 2.28. The van der Waals surface area contributed by atoms with Gasteiger partial charge in [-0.25, -0.2) is 9.69 Å². The molecule has 0 aliphatic carbocycles. The third-order valence-electron chi connectivity index (χ3n) is 5.03. The van der Waals surface area contributed by atoms with Crippen LogP contribution in [-0.2, 0) is 16.1 Å². The zero-order valence-corrected chi connectivity index (χ0v) is 18.0. The van der Waals surface area contributed by atoms with Crippen LogP contribution in [0.15, 0.2) is 47.5 Å². The molecule has 0 spiro atoms. The average molecular weight is 423 g/mol. The van der Waals surface area contributed by atoms with Crippen molar-refractivity contribution in [1.29, 1.82) is 0 Å². The van der Waals surface area contributed by atoms with Gasteiger partial charge in [0, 0.05) is 11.8 Å². The first-order valence-corrected chi connectivity index (χ1v) is 9.88. The summed E-state index contributed by atoms with van der Waals surface area (Å²) in [6.45, 7) is 3.95. The van der Waals surface area contributed by atoms with Gasteiger partial charge in [0.25, 0.3) is 5.91 Å². The molecular formula is C23H25N3O5. The van der Waals surface area contributed by atoms with E-state index < -0.39 is 23.8 Å². The lowest BCUT2D eigenvalue weighted by atomic mass is 9.96. The van der Waals surface area contributed by atoms with E-state index >= 15 is 0 Å². The predicted molar refractivity (Wildman–Crippen MR) is 117 cm³/mol. The minimum atomic E-state index is -1.17. The number of aryl methyl sites for hydroxylation is 1. The standard InChI is InChI=1S/C23H25N3O5/c1-5-19(24-13-15-10-17(30-3)12-18(11-15)31-4)20-21(27)25-23(29)26(22(20)28)16-8-6-14(2)7-9-16/h6-12,20H,5,13H2,1-4H3,(H,25,27,29). The molecule has 1 heterocycles. The van der Waals surface area contributed by atoms with Crippen LogP contribution in [0.25, 0.3) is 0 Å². The van der Waals surface area contributed by atoms with Gasteiger partial charge in [0.15, 0.2) is 5.92 Å². The summed E-state index contributed by atoms with van der Waals surface area (Å²) in [6, 6.07) is 11.5. The first-order valence-electron chi connectivity index (χ1n) is 9.88. The van der Waals surface area contributed by atoms with Crippen molar-refractivity contribution >= 4 is 29.2 Å². The number of hydrogen-bond donors (Lipinski definition) is 1. The lowest BCUT2D eigenvalue weighted by Gasteiger charge is -2.30. The number of carbonyl (C=O) groups is 3. The molecule has 0 bridgehead atoms. The Morgan fingerprint density at radius 2 is 1.65 bits per heavy atom. The fourth-order valence-corrected chi connectivity index (χ4v) is 3.36. The summed E-state index contributed by atoms with van der Waals surface area (Å²) in [4.78, 5) is 43.6. The first kappa shape index (κ1) is 22.0. The summed E-state index contributed by atoms with van der Waals surface area (Å²) in [5.41, 5.74) is 2.59. The van der Waals surface area contributed by atoms with Crippen LogP contribution in [0.3, 0.4) is 0 Å². The van der Waals surface area contributed by atoms with E-state index in [1.807, 2.05) is 26.0 Å². The molecular weight excluding hydrogens is 398 g/mol. The van der Waals surface area contributed by atoms with Crippen LogP contribution in [0.5, 0.6) is 11.5 Å². The van der Waals surface area contributed by atoms with Crippen molar-refractivity contribution in [2.24, 2.45) is 10.9 Å². The highest BCUT2D eigenvalue weighted by atomic mass is 16.5. The lowest BCUT2D eigenvalue weighted by molar-refractivity contribution is -0.131. The Hall–Kier alpha value is -3.68. The van der Waals surface area contributed by atoms with Gasteiger partial charge in [-0.3, -0.25) is 19.9 Å². The number of aliphatic imine (C=N–C) groups is 1. The Balaban J connectivity index is 1.90. The topological polar surface area (TPSA) is 97.3 Å². The second-order valence-electron chi connectivity index (χ2n) is 7.12. The van der Waals surface area contributed by atoms with Gasteiger partial charge in [-0.1, -0.05) is 24.6 Å². The largest absolute Gasteiger partial charge is 0.497 e. The van der Waals surface area contributed by atoms with Crippen LogP contribution in [0.1, 0.15) is 24.5 Å². The summed E-state index contributed by atoms with van der Waals surface area (Å²) >= 11 is 0. The Labute approximate surface area is 180 Å². The number of hydrogen-bond acceptors (Lipinski definition) is 6. The fraction of sp³-hybridized carbons (Fsp3) is 0.304. The number of amides is 4. The second-order valence-corrected chi connectivity index (χ2v) is 7.12. The molecule has 0 aromatic heterocycles. The third-order valence-corrected chi connectivity index (χ3v) is 5.03. The monoisotopic (exact) mass is 423 g/mol. The van der Waals surface area contributed by atoms with Gasteiger partial charge in [-0.05, 0) is 43.2 Å². The number of urea groups is 1. The summed E-state index contributed by atoms with van der Waals surface area (Å²) < 4.78 is 10.5. The maximum Gasteiger partial charge on any atom is 0.335 e. The van der Waals surface area contributed by atoms with Crippen LogP contribution in [-0.4, -0.2) is 37.8 Å². The van der Waals surface area contributed by atoms with Crippen LogP contribution in [0.4, 0.5) is 10.5 Å². The predicted octanol–water partition coefficient (Wildman–Crippen LogP) is 3.26. The highest BCUT2D eigenvalue weighted by Crippen LogP contribution is 2.25. The number of imide groups is 2. The van der Waals surface area contributed by atoms with Crippen molar-refractivity contribution in [3.63, 3.8) is 0 Å². The van der Waals surface area contributed by atoms with Crippen molar-refractivity contribution in [1.82, 2.24) is 5.32 Å². The van der Waals surface area contributed by atoms with Gasteiger partial charge in [0.2, 0.25) is 5.91 Å². The summed E-state index contributed by atoms with van der Waals surface area (Å²) in [6.07, 6.45) is 0.376. The molecule has 1 aliphatic rings. The molecule has 0 saturated carbocycles. The first-order chi connectivity index (χ1) is 14.9. The van der Waals surface area contributed by atoms with Crippen LogP contribution >= 0.6 is 0 Å².